The number of rotatable bonds is 21. The van der Waals surface area contributed by atoms with Gasteiger partial charge >= 0.3 is 6.18 Å². The van der Waals surface area contributed by atoms with Crippen LogP contribution in [-0.2, 0) is 34.8 Å². The summed E-state index contributed by atoms with van der Waals surface area (Å²) in [6.45, 7) is 13.2. The van der Waals surface area contributed by atoms with Gasteiger partial charge in [0.15, 0.2) is 16.7 Å². The Balaban J connectivity index is 0.871. The Hall–Kier alpha value is -6.05. The highest BCUT2D eigenvalue weighted by molar-refractivity contribution is 7.81. The van der Waals surface area contributed by atoms with Gasteiger partial charge in [-0.1, -0.05) is 45.0 Å². The lowest BCUT2D eigenvalue weighted by Crippen LogP contribution is -2.58. The monoisotopic (exact) mass is 1050 g/mol. The van der Waals surface area contributed by atoms with E-state index in [1.807, 2.05) is 58.9 Å². The maximum absolute atomic E-state index is 15.3. The lowest BCUT2D eigenvalue weighted by molar-refractivity contribution is -0.144. The van der Waals surface area contributed by atoms with Crippen molar-refractivity contribution >= 4 is 63.7 Å². The number of nitriles is 1. The molecule has 4 atom stereocenters. The van der Waals surface area contributed by atoms with Crippen LogP contribution in [-0.4, -0.2) is 107 Å². The first kappa shape index (κ1) is 56.2. The molecular formula is C52H61F4N7O8S2. The number of thiocarbonyl (C=S) groups is 1. The van der Waals surface area contributed by atoms with Gasteiger partial charge in [-0.15, -0.1) is 11.3 Å². The minimum atomic E-state index is -4.85. The molecule has 73 heavy (non-hydrogen) atoms. The number of hydrogen-bond acceptors (Lipinski definition) is 12. The molecule has 2 aliphatic rings. The number of aryl methyl sites for hydroxylation is 1. The summed E-state index contributed by atoms with van der Waals surface area (Å²) in [5, 5.41) is 25.4. The number of hydrogen-bond donors (Lipinski definition) is 3. The first-order valence-electron chi connectivity index (χ1n) is 23.9. The van der Waals surface area contributed by atoms with Crippen LogP contribution in [0.5, 0.6) is 5.75 Å². The molecule has 3 heterocycles. The van der Waals surface area contributed by atoms with E-state index in [1.165, 1.54) is 47.9 Å². The number of unbranched alkanes of at least 4 members (excludes halogenated alkanes) is 2. The van der Waals surface area contributed by atoms with E-state index in [4.69, 9.17) is 26.4 Å². The molecule has 1 aromatic heterocycles. The molecule has 4 aromatic rings. The molecule has 2 fully saturated rings. The summed E-state index contributed by atoms with van der Waals surface area (Å²) in [4.78, 5) is 63.3. The second-order valence-corrected chi connectivity index (χ2v) is 20.8. The summed E-state index contributed by atoms with van der Waals surface area (Å²) in [7, 11) is 0. The van der Waals surface area contributed by atoms with Crippen LogP contribution in [0, 0.1) is 29.5 Å². The Kier molecular flexibility index (Phi) is 18.4. The quantitative estimate of drug-likeness (QED) is 0.0412. The van der Waals surface area contributed by atoms with E-state index < -0.39 is 75.9 Å². The van der Waals surface area contributed by atoms with Gasteiger partial charge in [-0.05, 0) is 112 Å². The third-order valence-electron chi connectivity index (χ3n) is 12.6. The Bertz CT molecular complexity index is 2690. The van der Waals surface area contributed by atoms with Crippen molar-refractivity contribution in [3.8, 4) is 22.3 Å². The molecule has 3 N–H and O–H groups in total. The van der Waals surface area contributed by atoms with Crippen molar-refractivity contribution in [1.82, 2.24) is 20.5 Å². The van der Waals surface area contributed by atoms with Crippen LogP contribution in [0.2, 0.25) is 0 Å². The van der Waals surface area contributed by atoms with E-state index in [-0.39, 0.29) is 61.1 Å². The molecule has 4 amide bonds. The lowest BCUT2D eigenvalue weighted by Gasteiger charge is -2.35. The number of carbonyl (C=O) groups excluding carboxylic acids is 4. The number of nitrogens with one attached hydrogen (secondary N) is 2. The third kappa shape index (κ3) is 13.6. The minimum absolute atomic E-state index is 0.0430. The molecule has 2 saturated heterocycles. The van der Waals surface area contributed by atoms with Gasteiger partial charge in [-0.3, -0.25) is 24.1 Å². The van der Waals surface area contributed by atoms with Crippen LogP contribution >= 0.6 is 23.6 Å². The van der Waals surface area contributed by atoms with E-state index in [1.54, 1.807) is 16.8 Å². The summed E-state index contributed by atoms with van der Waals surface area (Å²) in [5.41, 5.74) is 0.713. The highest BCUT2D eigenvalue weighted by atomic mass is 32.1. The second kappa shape index (κ2) is 23.9. The Morgan fingerprint density at radius 1 is 0.959 bits per heavy atom. The minimum Gasteiger partial charge on any atom is -0.491 e. The predicted octanol–water partition coefficient (Wildman–Crippen LogP) is 8.41. The number of halogens is 4. The van der Waals surface area contributed by atoms with Gasteiger partial charge in [-0.25, -0.2) is 9.37 Å². The van der Waals surface area contributed by atoms with Gasteiger partial charge in [0.1, 0.15) is 24.2 Å². The normalized spacial score (nSPS) is 17.7. The van der Waals surface area contributed by atoms with E-state index in [0.29, 0.717) is 45.0 Å². The topological polar surface area (TPSA) is 187 Å². The number of benzene rings is 3. The lowest BCUT2D eigenvalue weighted by atomic mass is 9.85. The molecule has 392 valence electrons. The molecule has 0 saturated carbocycles. The average molecular weight is 1050 g/mol. The number of aliphatic hydroxyl groups is 1. The molecule has 6 rings (SSSR count). The molecule has 21 heteroatoms. The van der Waals surface area contributed by atoms with Gasteiger partial charge in [0.2, 0.25) is 17.7 Å². The Morgan fingerprint density at radius 2 is 1.60 bits per heavy atom. The zero-order chi connectivity index (χ0) is 53.4. The highest BCUT2D eigenvalue weighted by Gasteiger charge is 2.51. The number of nitrogens with zero attached hydrogens (tertiary/aromatic N) is 5. The van der Waals surface area contributed by atoms with Gasteiger partial charge < -0.3 is 39.8 Å². The fraction of sp³-hybridized carbons (Fsp3) is 0.481. The number of β-amino-alcohol motifs (C(OH)–C–C–N with tert-alkyl or cyclic N) is 1. The van der Waals surface area contributed by atoms with E-state index in [2.05, 4.69) is 15.6 Å². The number of aliphatic hydroxyl groups excluding tert-OH is 1. The molecule has 0 spiro atoms. The van der Waals surface area contributed by atoms with Gasteiger partial charge in [0.05, 0.1) is 57.7 Å². The van der Waals surface area contributed by atoms with E-state index in [0.717, 1.165) is 38.7 Å². The van der Waals surface area contributed by atoms with Crippen LogP contribution in [0.1, 0.15) is 102 Å². The van der Waals surface area contributed by atoms with Crippen LogP contribution in [0.15, 0.2) is 66.2 Å². The zero-order valence-corrected chi connectivity index (χ0v) is 43.4. The van der Waals surface area contributed by atoms with E-state index >= 15 is 4.39 Å². The smallest absolute Gasteiger partial charge is 0.417 e. The molecule has 0 aliphatic carbocycles. The number of carbonyl (C=O) groups is 4. The van der Waals surface area contributed by atoms with Crippen LogP contribution in [0.25, 0.3) is 10.4 Å². The van der Waals surface area contributed by atoms with Crippen molar-refractivity contribution in [2.75, 3.05) is 49.4 Å². The van der Waals surface area contributed by atoms with Crippen molar-refractivity contribution in [1.29, 1.82) is 5.26 Å². The molecule has 2 aliphatic heterocycles. The molecule has 3 aromatic carbocycles. The largest absolute Gasteiger partial charge is 0.491 e. The Labute approximate surface area is 431 Å². The summed E-state index contributed by atoms with van der Waals surface area (Å²) >= 11 is 7.10. The number of anilines is 2. The summed E-state index contributed by atoms with van der Waals surface area (Å²) < 4.78 is 73.4. The highest BCUT2D eigenvalue weighted by Crippen LogP contribution is 2.41. The number of likely N-dealkylation sites (tertiary alicyclic amines) is 1. The van der Waals surface area contributed by atoms with E-state index in [9.17, 15) is 42.7 Å². The standard InChI is InChI=1S/C52H61F4N7O8S2/c1-31(33-12-14-34(15-13-33)44-32(2)58-30-73-44)59-46(66)41-26-38(64)28-61(41)47(67)45(50(3,4)5)60-43(65)29-70-22-9-8-20-69-21-10-11-23-71-42-19-18-37(25-40(42)53)63-49(72)62(48(68)51(63,6)7)36-17-16-35(27-57)39(24-36)52(54,55)56/h12-19,24-25,30-31,38,41,45,64H,8-11,20-23,26,28-29H2,1-7H3,(H,59,66)(H,60,65)/t31?,38-,41+,45?/m1/s1. The molecule has 0 bridgehead atoms. The van der Waals surface area contributed by atoms with Gasteiger partial charge in [0, 0.05) is 44.5 Å². The average Bonchev–Trinajstić information content (AvgIpc) is 4.00. The van der Waals surface area contributed by atoms with Crippen LogP contribution < -0.4 is 25.2 Å². The fourth-order valence-corrected chi connectivity index (χ4v) is 9.92. The molecule has 0 radical (unpaired) electrons. The predicted molar refractivity (Wildman–Crippen MR) is 271 cm³/mol. The van der Waals surface area contributed by atoms with Crippen LogP contribution in [0.3, 0.4) is 0 Å². The summed E-state index contributed by atoms with van der Waals surface area (Å²) in [6.07, 6.45) is -3.28. The third-order valence-corrected chi connectivity index (χ3v) is 13.9. The van der Waals surface area contributed by atoms with Crippen molar-refractivity contribution in [2.24, 2.45) is 5.41 Å². The number of amides is 4. The number of alkyl halides is 3. The maximum Gasteiger partial charge on any atom is 0.417 e. The molecule has 2 unspecified atom stereocenters. The van der Waals surface area contributed by atoms with Crippen molar-refractivity contribution in [3.63, 3.8) is 0 Å². The van der Waals surface area contributed by atoms with Crippen molar-refractivity contribution < 1.29 is 56.1 Å². The second-order valence-electron chi connectivity index (χ2n) is 19.6. The molecule has 15 nitrogen and oxygen atoms in total. The van der Waals surface area contributed by atoms with Crippen molar-refractivity contribution in [3.05, 3.63) is 94.4 Å². The Morgan fingerprint density at radius 3 is 2.21 bits per heavy atom. The maximum atomic E-state index is 15.3. The number of ether oxygens (including phenoxy) is 3. The fourth-order valence-electron chi connectivity index (χ4n) is 8.59. The van der Waals surface area contributed by atoms with Gasteiger partial charge in [0.25, 0.3) is 5.91 Å². The summed E-state index contributed by atoms with van der Waals surface area (Å²) in [5.74, 6) is -2.78. The van der Waals surface area contributed by atoms with Crippen molar-refractivity contribution in [2.45, 2.75) is 117 Å². The first-order valence-corrected chi connectivity index (χ1v) is 25.2. The summed E-state index contributed by atoms with van der Waals surface area (Å²) in [6, 6.07) is 14.0. The zero-order valence-electron chi connectivity index (χ0n) is 41.8. The SMILES string of the molecule is Cc1ncsc1-c1ccc(C(C)NC(=O)[C@@H]2C[C@@H](O)CN2C(=O)C(NC(=O)COCCCCOCCCCOc2ccc(N3C(=S)N(c4ccc(C#N)c(C(F)(F)F)c4)C(=O)C3(C)C)cc2F)C(C)(C)C)cc1. The van der Waals surface area contributed by atoms with Gasteiger partial charge in [-0.2, -0.15) is 18.4 Å². The van der Waals surface area contributed by atoms with Crippen LogP contribution in [0.4, 0.5) is 28.9 Å². The molecular weight excluding hydrogens is 991 g/mol. The number of thiazole rings is 1. The number of aromatic nitrogens is 1. The first-order chi connectivity index (χ1) is 34.4.